The van der Waals surface area contributed by atoms with Gasteiger partial charge < -0.3 is 0 Å². The molecule has 50 heavy (non-hydrogen) atoms. The second-order valence-electron chi connectivity index (χ2n) is 18.5. The molecule has 0 spiro atoms. The van der Waals surface area contributed by atoms with Crippen LogP contribution in [0.25, 0.3) is 0 Å². The Balaban J connectivity index is 1.16. The zero-order chi connectivity index (χ0) is 34.7. The molecule has 2 aromatic carbocycles. The highest BCUT2D eigenvalue weighted by molar-refractivity contribution is 5.39. The molecule has 2 atom stereocenters. The second kappa shape index (κ2) is 18.9. The van der Waals surface area contributed by atoms with Gasteiger partial charge in [0.05, 0.1) is 0 Å². The fraction of sp³-hybridized carbons (Fsp3) is 0.680. The lowest BCUT2D eigenvalue weighted by molar-refractivity contribution is 0.273. The molecule has 0 aromatic heterocycles. The molecular formula is C50H70. The van der Waals surface area contributed by atoms with E-state index in [0.29, 0.717) is 0 Å². The summed E-state index contributed by atoms with van der Waals surface area (Å²) in [4.78, 5) is 0. The van der Waals surface area contributed by atoms with E-state index in [4.69, 9.17) is 0 Å². The fourth-order valence-electron chi connectivity index (χ4n) is 10.1. The summed E-state index contributed by atoms with van der Waals surface area (Å²) in [7, 11) is 0. The summed E-state index contributed by atoms with van der Waals surface area (Å²) in [6, 6.07) is 19.4. The second-order valence-corrected chi connectivity index (χ2v) is 18.5. The molecule has 0 amide bonds. The normalized spacial score (nSPS) is 31.4. The van der Waals surface area contributed by atoms with Crippen LogP contribution in [-0.4, -0.2) is 0 Å². The Hall–Kier alpha value is -2.44. The van der Waals surface area contributed by atoms with Crippen molar-refractivity contribution in [3.63, 3.8) is 0 Å². The maximum absolute atomic E-state index is 3.75. The van der Waals surface area contributed by atoms with Crippen LogP contribution in [0.15, 0.2) is 48.5 Å². The third kappa shape index (κ3) is 11.5. The average molecular weight is 671 g/mol. The summed E-state index contributed by atoms with van der Waals surface area (Å²) in [5, 5.41) is 0. The zero-order valence-electron chi connectivity index (χ0n) is 32.5. The Morgan fingerprint density at radius 1 is 0.400 bits per heavy atom. The van der Waals surface area contributed by atoms with Gasteiger partial charge in [0.1, 0.15) is 0 Å². The van der Waals surface area contributed by atoms with Crippen LogP contribution < -0.4 is 0 Å². The largest absolute Gasteiger partial charge is 0.0809 e. The molecular weight excluding hydrogens is 601 g/mol. The molecule has 0 bridgehead atoms. The summed E-state index contributed by atoms with van der Waals surface area (Å²) in [6.07, 6.45) is 27.1. The highest BCUT2D eigenvalue weighted by atomic mass is 14.3. The molecule has 4 saturated carbocycles. The van der Waals surface area contributed by atoms with Crippen molar-refractivity contribution in [3.05, 3.63) is 70.8 Å². The Bertz CT molecular complexity index is 1280. The van der Waals surface area contributed by atoms with E-state index in [1.54, 1.807) is 0 Å². The van der Waals surface area contributed by atoms with E-state index in [-0.39, 0.29) is 11.8 Å². The highest BCUT2D eigenvalue weighted by Crippen LogP contribution is 2.38. The summed E-state index contributed by atoms with van der Waals surface area (Å²) in [6.45, 7) is 9.72. The molecule has 2 aromatic rings. The van der Waals surface area contributed by atoms with E-state index in [0.717, 1.165) is 47.3 Å². The van der Waals surface area contributed by atoms with Gasteiger partial charge in [-0.25, -0.2) is 0 Å². The van der Waals surface area contributed by atoms with Gasteiger partial charge in [-0.15, -0.1) is 0 Å². The Labute approximate surface area is 308 Å². The maximum atomic E-state index is 3.75. The van der Waals surface area contributed by atoms with Gasteiger partial charge in [-0.1, -0.05) is 165 Å². The quantitative estimate of drug-likeness (QED) is 0.221. The van der Waals surface area contributed by atoms with Crippen molar-refractivity contribution in [2.24, 2.45) is 47.3 Å². The Morgan fingerprint density at radius 2 is 0.680 bits per heavy atom. The minimum atomic E-state index is 0.285. The molecule has 0 heteroatoms. The first kappa shape index (κ1) is 37.3. The average Bonchev–Trinajstić information content (AvgIpc) is 3.13. The molecule has 270 valence electrons. The van der Waals surface area contributed by atoms with Crippen molar-refractivity contribution in [2.75, 3.05) is 0 Å². The van der Waals surface area contributed by atoms with Gasteiger partial charge in [-0.2, -0.15) is 0 Å². The molecule has 0 nitrogen and oxygen atoms in total. The zero-order valence-corrected chi connectivity index (χ0v) is 32.5. The van der Waals surface area contributed by atoms with Gasteiger partial charge in [-0.3, -0.25) is 0 Å². The molecule has 0 aliphatic heterocycles. The molecule has 0 N–H and O–H groups in total. The summed E-state index contributed by atoms with van der Waals surface area (Å²) in [5.41, 5.74) is 5.86. The van der Waals surface area contributed by atoms with E-state index < -0.39 is 0 Å². The topological polar surface area (TPSA) is 0 Å². The highest BCUT2D eigenvalue weighted by Gasteiger charge is 2.25. The molecule has 6 rings (SSSR count). The lowest BCUT2D eigenvalue weighted by Crippen LogP contribution is -2.15. The monoisotopic (exact) mass is 671 g/mol. The van der Waals surface area contributed by atoms with Crippen LogP contribution in [0.1, 0.15) is 177 Å². The Kier molecular flexibility index (Phi) is 14.1. The van der Waals surface area contributed by atoms with Crippen molar-refractivity contribution in [1.29, 1.82) is 0 Å². The SMILES string of the molecule is CC1CCC(Cc2ccc(C(C#CC#CC(CC3CCC(C)CC3)c3ccc(CC4CCC(C)CC4)cc3)CC3CCC(C)CC3)cc2)CC1. The van der Waals surface area contributed by atoms with Crippen LogP contribution in [0.4, 0.5) is 0 Å². The van der Waals surface area contributed by atoms with Gasteiger partial charge in [0.15, 0.2) is 0 Å². The predicted molar refractivity (Wildman–Crippen MR) is 215 cm³/mol. The van der Waals surface area contributed by atoms with Crippen LogP contribution in [0.2, 0.25) is 0 Å². The summed E-state index contributed by atoms with van der Waals surface area (Å²) >= 11 is 0. The van der Waals surface area contributed by atoms with Crippen molar-refractivity contribution in [2.45, 2.75) is 168 Å². The molecule has 2 unspecified atom stereocenters. The maximum Gasteiger partial charge on any atom is 0.0465 e. The smallest absolute Gasteiger partial charge is 0.0465 e. The van der Waals surface area contributed by atoms with Gasteiger partial charge in [0.2, 0.25) is 0 Å². The first-order valence-electron chi connectivity index (χ1n) is 21.5. The molecule has 4 aliphatic carbocycles. The molecule has 0 saturated heterocycles. The van der Waals surface area contributed by atoms with Gasteiger partial charge in [0.25, 0.3) is 0 Å². The van der Waals surface area contributed by atoms with Crippen LogP contribution in [0.3, 0.4) is 0 Å². The van der Waals surface area contributed by atoms with Crippen LogP contribution in [-0.2, 0) is 12.8 Å². The molecule has 4 fully saturated rings. The predicted octanol–water partition coefficient (Wildman–Crippen LogP) is 13.7. The van der Waals surface area contributed by atoms with Crippen molar-refractivity contribution in [3.8, 4) is 23.7 Å². The number of hydrogen-bond donors (Lipinski definition) is 0. The number of rotatable bonds is 10. The lowest BCUT2D eigenvalue weighted by atomic mass is 9.77. The van der Waals surface area contributed by atoms with Gasteiger partial charge >= 0.3 is 0 Å². The first-order valence-corrected chi connectivity index (χ1v) is 21.5. The third-order valence-electron chi connectivity index (χ3n) is 14.0. The standard InChI is InChI=1S/C50H70/c1-37-9-17-41(18-10-37)33-43-25-29-47(30-26-43)49(35-45-21-13-39(3)14-22-45)7-5-6-8-50(36-46-23-15-40(4)16-24-46)48-31-27-44(28-32-48)34-42-19-11-38(2)12-20-42/h25-32,37-42,45-46,49-50H,9-24,33-36H2,1-4H3. The van der Waals surface area contributed by atoms with Gasteiger partial charge in [0, 0.05) is 11.8 Å². The van der Waals surface area contributed by atoms with E-state index in [1.807, 2.05) is 0 Å². The van der Waals surface area contributed by atoms with Crippen LogP contribution in [0.5, 0.6) is 0 Å². The van der Waals surface area contributed by atoms with Crippen molar-refractivity contribution < 1.29 is 0 Å². The van der Waals surface area contributed by atoms with E-state index in [9.17, 15) is 0 Å². The minimum absolute atomic E-state index is 0.285. The van der Waals surface area contributed by atoms with Crippen molar-refractivity contribution >= 4 is 0 Å². The number of hydrogen-bond acceptors (Lipinski definition) is 0. The van der Waals surface area contributed by atoms with Crippen LogP contribution in [0, 0.1) is 71.0 Å². The fourth-order valence-corrected chi connectivity index (χ4v) is 10.1. The first-order chi connectivity index (χ1) is 24.4. The van der Waals surface area contributed by atoms with Crippen molar-refractivity contribution in [1.82, 2.24) is 0 Å². The van der Waals surface area contributed by atoms with Gasteiger partial charge in [-0.05, 0) is 133 Å². The van der Waals surface area contributed by atoms with E-state index in [1.165, 1.54) is 151 Å². The van der Waals surface area contributed by atoms with Crippen LogP contribution >= 0.6 is 0 Å². The summed E-state index contributed by atoms with van der Waals surface area (Å²) < 4.78 is 0. The third-order valence-corrected chi connectivity index (χ3v) is 14.0. The number of benzene rings is 2. The van der Waals surface area contributed by atoms with E-state index in [2.05, 4.69) is 99.9 Å². The van der Waals surface area contributed by atoms with E-state index >= 15 is 0 Å². The minimum Gasteiger partial charge on any atom is -0.0809 e. The molecule has 0 heterocycles. The summed E-state index contributed by atoms with van der Waals surface area (Å²) in [5.74, 6) is 21.9. The Morgan fingerprint density at radius 3 is 0.980 bits per heavy atom. The lowest BCUT2D eigenvalue weighted by Gasteiger charge is -2.28. The molecule has 4 aliphatic rings. The molecule has 0 radical (unpaired) electrons.